The van der Waals surface area contributed by atoms with Crippen LogP contribution in [0.3, 0.4) is 0 Å². The maximum atomic E-state index is 12.0. The maximum absolute atomic E-state index is 12.0. The summed E-state index contributed by atoms with van der Waals surface area (Å²) in [5.74, 6) is 0.191. The van der Waals surface area contributed by atoms with Crippen LogP contribution >= 0.6 is 0 Å². The Hall–Kier alpha value is -0.910. The Bertz CT molecular complexity index is 533. The first kappa shape index (κ1) is 16.5. The molecule has 1 aromatic rings. The van der Waals surface area contributed by atoms with Crippen molar-refractivity contribution in [2.75, 3.05) is 25.4 Å². The molecule has 5 heteroatoms. The first-order valence-electron chi connectivity index (χ1n) is 7.71. The molecule has 1 heterocycles. The molecule has 118 valence electrons. The maximum Gasteiger partial charge on any atom is 0.213 e. The van der Waals surface area contributed by atoms with E-state index in [9.17, 15) is 8.42 Å². The predicted molar refractivity (Wildman–Crippen MR) is 86.8 cm³/mol. The number of benzene rings is 1. The van der Waals surface area contributed by atoms with Gasteiger partial charge in [-0.3, -0.25) is 4.90 Å². The highest BCUT2D eigenvalue weighted by atomic mass is 32.2. The molecular weight excluding hydrogens is 284 g/mol. The molecule has 0 amide bonds. The van der Waals surface area contributed by atoms with Gasteiger partial charge in [0, 0.05) is 31.7 Å². The van der Waals surface area contributed by atoms with Crippen molar-refractivity contribution in [2.45, 2.75) is 39.3 Å². The number of sulfonamides is 1. The van der Waals surface area contributed by atoms with Crippen molar-refractivity contribution in [3.8, 4) is 0 Å². The van der Waals surface area contributed by atoms with Crippen molar-refractivity contribution in [3.63, 3.8) is 0 Å². The Morgan fingerprint density at radius 3 is 2.19 bits per heavy atom. The Balaban J connectivity index is 1.97. The summed E-state index contributed by atoms with van der Waals surface area (Å²) in [4.78, 5) is 2.43. The van der Waals surface area contributed by atoms with Gasteiger partial charge in [-0.1, -0.05) is 30.3 Å². The van der Waals surface area contributed by atoms with Gasteiger partial charge < -0.3 is 0 Å². The van der Waals surface area contributed by atoms with E-state index in [1.807, 2.05) is 6.07 Å². The van der Waals surface area contributed by atoms with Crippen LogP contribution in [-0.2, 0) is 16.4 Å². The summed E-state index contributed by atoms with van der Waals surface area (Å²) in [5.41, 5.74) is 1.33. The van der Waals surface area contributed by atoms with Gasteiger partial charge in [-0.25, -0.2) is 8.42 Å². The highest BCUT2D eigenvalue weighted by molar-refractivity contribution is 7.89. The zero-order valence-corrected chi connectivity index (χ0v) is 14.0. The van der Waals surface area contributed by atoms with E-state index in [-0.39, 0.29) is 17.8 Å². The number of hydrogen-bond donors (Lipinski definition) is 0. The summed E-state index contributed by atoms with van der Waals surface area (Å²) in [5, 5.41) is 0. The smallest absolute Gasteiger partial charge is 0.213 e. The van der Waals surface area contributed by atoms with Gasteiger partial charge >= 0.3 is 0 Å². The summed E-state index contributed by atoms with van der Waals surface area (Å²) < 4.78 is 25.7. The standard InChI is InChI=1S/C16H26N2O2S/c1-4-21(19,20)17-12-14(2)18(15(3)13-17)11-10-16-8-6-5-7-9-16/h5-9,14-15H,4,10-13H2,1-3H3. The van der Waals surface area contributed by atoms with Crippen LogP contribution in [0.2, 0.25) is 0 Å². The zero-order chi connectivity index (χ0) is 15.5. The molecule has 0 aliphatic carbocycles. The lowest BCUT2D eigenvalue weighted by Crippen LogP contribution is -2.58. The molecule has 0 bridgehead atoms. The van der Waals surface area contributed by atoms with E-state index in [4.69, 9.17) is 0 Å². The number of hydrogen-bond acceptors (Lipinski definition) is 3. The number of nitrogens with zero attached hydrogens (tertiary/aromatic N) is 2. The van der Waals surface area contributed by atoms with Gasteiger partial charge in [0.15, 0.2) is 0 Å². The van der Waals surface area contributed by atoms with E-state index in [1.165, 1.54) is 5.56 Å². The van der Waals surface area contributed by atoms with Gasteiger partial charge in [0.25, 0.3) is 0 Å². The van der Waals surface area contributed by atoms with E-state index in [0.29, 0.717) is 13.1 Å². The highest BCUT2D eigenvalue weighted by Gasteiger charge is 2.34. The molecule has 2 rings (SSSR count). The summed E-state index contributed by atoms with van der Waals surface area (Å²) in [6, 6.07) is 11.0. The van der Waals surface area contributed by atoms with Crippen LogP contribution in [0, 0.1) is 0 Å². The fourth-order valence-electron chi connectivity index (χ4n) is 3.06. The molecule has 1 aromatic carbocycles. The molecule has 0 spiro atoms. The van der Waals surface area contributed by atoms with Crippen LogP contribution in [0.4, 0.5) is 0 Å². The molecule has 0 saturated carbocycles. The van der Waals surface area contributed by atoms with Crippen molar-refractivity contribution < 1.29 is 8.42 Å². The third-order valence-electron chi connectivity index (χ3n) is 4.33. The third kappa shape index (κ3) is 4.05. The summed E-state index contributed by atoms with van der Waals surface area (Å²) in [7, 11) is -3.07. The van der Waals surface area contributed by atoms with Gasteiger partial charge in [-0.15, -0.1) is 0 Å². The summed E-state index contributed by atoms with van der Waals surface area (Å²) in [6.45, 7) is 8.15. The van der Waals surface area contributed by atoms with E-state index >= 15 is 0 Å². The SMILES string of the molecule is CCS(=O)(=O)N1CC(C)N(CCc2ccccc2)C(C)C1. The Labute approximate surface area is 128 Å². The lowest BCUT2D eigenvalue weighted by atomic mass is 10.1. The van der Waals surface area contributed by atoms with Crippen LogP contribution < -0.4 is 0 Å². The molecular formula is C16H26N2O2S. The number of rotatable bonds is 5. The van der Waals surface area contributed by atoms with Crippen LogP contribution in [0.5, 0.6) is 0 Å². The minimum absolute atomic E-state index is 0.191. The minimum atomic E-state index is -3.07. The molecule has 1 aliphatic heterocycles. The van der Waals surface area contributed by atoms with E-state index in [0.717, 1.165) is 13.0 Å². The van der Waals surface area contributed by atoms with Crippen molar-refractivity contribution in [2.24, 2.45) is 0 Å². The topological polar surface area (TPSA) is 40.6 Å². The van der Waals surface area contributed by atoms with Gasteiger partial charge in [-0.05, 0) is 32.8 Å². The second-order valence-electron chi connectivity index (χ2n) is 5.89. The predicted octanol–water partition coefficient (Wildman–Crippen LogP) is 1.97. The Morgan fingerprint density at radius 2 is 1.67 bits per heavy atom. The van der Waals surface area contributed by atoms with Crippen molar-refractivity contribution in [1.29, 1.82) is 0 Å². The minimum Gasteiger partial charge on any atom is -0.295 e. The van der Waals surface area contributed by atoms with Crippen molar-refractivity contribution >= 4 is 10.0 Å². The molecule has 1 aliphatic rings. The normalized spacial score (nSPS) is 25.1. The zero-order valence-electron chi connectivity index (χ0n) is 13.2. The summed E-state index contributed by atoms with van der Waals surface area (Å²) >= 11 is 0. The van der Waals surface area contributed by atoms with E-state index < -0.39 is 10.0 Å². The van der Waals surface area contributed by atoms with Gasteiger partial charge in [0.1, 0.15) is 0 Å². The lowest BCUT2D eigenvalue weighted by Gasteiger charge is -2.43. The molecule has 1 saturated heterocycles. The van der Waals surface area contributed by atoms with E-state index in [2.05, 4.69) is 43.0 Å². The molecule has 0 N–H and O–H groups in total. The van der Waals surface area contributed by atoms with Crippen LogP contribution in [-0.4, -0.2) is 55.1 Å². The molecule has 0 radical (unpaired) electrons. The fraction of sp³-hybridized carbons (Fsp3) is 0.625. The third-order valence-corrected chi connectivity index (χ3v) is 6.14. The van der Waals surface area contributed by atoms with Gasteiger partial charge in [-0.2, -0.15) is 4.31 Å². The monoisotopic (exact) mass is 310 g/mol. The molecule has 2 atom stereocenters. The molecule has 2 unspecified atom stereocenters. The molecule has 4 nitrogen and oxygen atoms in total. The first-order chi connectivity index (χ1) is 9.94. The Kier molecular flexibility index (Phi) is 5.41. The second kappa shape index (κ2) is 6.90. The van der Waals surface area contributed by atoms with E-state index in [1.54, 1.807) is 11.2 Å². The van der Waals surface area contributed by atoms with Gasteiger partial charge in [0.05, 0.1) is 5.75 Å². The average molecular weight is 310 g/mol. The second-order valence-corrected chi connectivity index (χ2v) is 8.15. The van der Waals surface area contributed by atoms with Crippen molar-refractivity contribution in [3.05, 3.63) is 35.9 Å². The molecule has 0 aromatic heterocycles. The lowest BCUT2D eigenvalue weighted by molar-refractivity contribution is 0.0784. The fourth-order valence-corrected chi connectivity index (χ4v) is 4.31. The quantitative estimate of drug-likeness (QED) is 0.835. The molecule has 21 heavy (non-hydrogen) atoms. The van der Waals surface area contributed by atoms with Crippen LogP contribution in [0.15, 0.2) is 30.3 Å². The van der Waals surface area contributed by atoms with Gasteiger partial charge in [0.2, 0.25) is 10.0 Å². The first-order valence-corrected chi connectivity index (χ1v) is 9.32. The number of piperazine rings is 1. The summed E-state index contributed by atoms with van der Waals surface area (Å²) in [6.07, 6.45) is 1.01. The highest BCUT2D eigenvalue weighted by Crippen LogP contribution is 2.19. The Morgan fingerprint density at radius 1 is 1.10 bits per heavy atom. The van der Waals surface area contributed by atoms with Crippen molar-refractivity contribution in [1.82, 2.24) is 9.21 Å². The molecule has 1 fully saturated rings. The largest absolute Gasteiger partial charge is 0.295 e. The average Bonchev–Trinajstić information content (AvgIpc) is 2.47. The van der Waals surface area contributed by atoms with Crippen LogP contribution in [0.25, 0.3) is 0 Å². The van der Waals surface area contributed by atoms with Crippen LogP contribution in [0.1, 0.15) is 26.3 Å².